The molecule has 4 rings (SSSR count). The monoisotopic (exact) mass is 427 g/mol. The molecule has 2 aliphatic heterocycles. The van der Waals surface area contributed by atoms with Gasteiger partial charge in [0.15, 0.2) is 5.11 Å². The van der Waals surface area contributed by atoms with E-state index in [4.69, 9.17) is 17.0 Å². The Morgan fingerprint density at radius 1 is 1.20 bits per heavy atom. The number of nitrogens with zero attached hydrogens (tertiary/aromatic N) is 4. The zero-order valence-electron chi connectivity index (χ0n) is 18.3. The Labute approximate surface area is 185 Å². The maximum atomic E-state index is 5.68. The molecule has 7 heteroatoms. The molecule has 162 valence electrons. The Hall–Kier alpha value is -1.96. The molecule has 6 nitrogen and oxygen atoms in total. The van der Waals surface area contributed by atoms with Gasteiger partial charge in [0.05, 0.1) is 31.0 Å². The maximum absolute atomic E-state index is 5.68. The van der Waals surface area contributed by atoms with Crippen LogP contribution in [0.5, 0.6) is 0 Å². The fourth-order valence-corrected chi connectivity index (χ4v) is 5.20. The number of likely N-dealkylation sites (N-methyl/N-ethyl adjacent to an activating group) is 1. The summed E-state index contributed by atoms with van der Waals surface area (Å²) in [6.07, 6.45) is 3.01. The standard InChI is InChI=1S/C23H33N5OS/c1-4-27-22(21(25-23(27)30)20-8-5-6-9-24-20)19-16-17(2)28(18(19)3)11-7-10-26-12-14-29-15-13-26/h5-6,8-9,16,21-22H,4,7,10-15H2,1-3H3,(H,25,30)/t21-,22-/m0/s1. The molecular formula is C23H33N5OS. The van der Waals surface area contributed by atoms with Gasteiger partial charge in [-0.1, -0.05) is 6.07 Å². The minimum absolute atomic E-state index is 0.0703. The number of nitrogens with one attached hydrogen (secondary N) is 1. The number of rotatable bonds is 7. The summed E-state index contributed by atoms with van der Waals surface area (Å²) >= 11 is 5.68. The van der Waals surface area contributed by atoms with Gasteiger partial charge in [-0.05, 0) is 63.2 Å². The lowest BCUT2D eigenvalue weighted by Crippen LogP contribution is -2.37. The second kappa shape index (κ2) is 9.45. The first kappa shape index (κ1) is 21.3. The zero-order chi connectivity index (χ0) is 21.1. The molecule has 0 saturated carbocycles. The van der Waals surface area contributed by atoms with E-state index in [0.717, 1.165) is 63.2 Å². The lowest BCUT2D eigenvalue weighted by atomic mass is 9.97. The van der Waals surface area contributed by atoms with E-state index >= 15 is 0 Å². The van der Waals surface area contributed by atoms with Gasteiger partial charge in [-0.25, -0.2) is 0 Å². The van der Waals surface area contributed by atoms with Gasteiger partial charge in [0, 0.05) is 50.3 Å². The molecule has 0 amide bonds. The van der Waals surface area contributed by atoms with Crippen LogP contribution in [-0.4, -0.2) is 63.9 Å². The quantitative estimate of drug-likeness (QED) is 0.685. The zero-order valence-corrected chi connectivity index (χ0v) is 19.1. The van der Waals surface area contributed by atoms with Crippen molar-refractivity contribution >= 4 is 17.3 Å². The van der Waals surface area contributed by atoms with Gasteiger partial charge in [-0.2, -0.15) is 0 Å². The van der Waals surface area contributed by atoms with E-state index in [1.807, 2.05) is 18.3 Å². The van der Waals surface area contributed by atoms with Gasteiger partial charge in [0.2, 0.25) is 0 Å². The largest absolute Gasteiger partial charge is 0.379 e. The number of hydrogen-bond acceptors (Lipinski definition) is 4. The minimum Gasteiger partial charge on any atom is -0.379 e. The molecule has 0 unspecified atom stereocenters. The van der Waals surface area contributed by atoms with Gasteiger partial charge in [0.1, 0.15) is 0 Å². The van der Waals surface area contributed by atoms with E-state index < -0.39 is 0 Å². The molecule has 2 saturated heterocycles. The van der Waals surface area contributed by atoms with E-state index in [2.05, 4.69) is 57.6 Å². The SMILES string of the molecule is CCN1C(=S)N[C@@H](c2ccccn2)[C@@H]1c1cc(C)n(CCCN2CCOCC2)c1C. The van der Waals surface area contributed by atoms with Crippen LogP contribution in [0.25, 0.3) is 0 Å². The van der Waals surface area contributed by atoms with Crippen molar-refractivity contribution in [2.45, 2.75) is 45.8 Å². The third kappa shape index (κ3) is 4.24. The van der Waals surface area contributed by atoms with Crippen molar-refractivity contribution in [3.05, 3.63) is 53.1 Å². The van der Waals surface area contributed by atoms with Crippen LogP contribution in [0.3, 0.4) is 0 Å². The molecule has 30 heavy (non-hydrogen) atoms. The number of hydrogen-bond donors (Lipinski definition) is 1. The molecule has 2 fully saturated rings. The van der Waals surface area contributed by atoms with E-state index in [0.29, 0.717) is 0 Å². The lowest BCUT2D eigenvalue weighted by molar-refractivity contribution is 0.0369. The molecule has 0 radical (unpaired) electrons. The highest BCUT2D eigenvalue weighted by Crippen LogP contribution is 2.40. The fraction of sp³-hybridized carbons (Fsp3) is 0.565. The first-order valence-electron chi connectivity index (χ1n) is 11.0. The normalized spacial score (nSPS) is 22.5. The minimum atomic E-state index is 0.0703. The van der Waals surface area contributed by atoms with Crippen LogP contribution in [0, 0.1) is 13.8 Å². The van der Waals surface area contributed by atoms with Crippen LogP contribution in [0.2, 0.25) is 0 Å². The van der Waals surface area contributed by atoms with Crippen molar-refractivity contribution in [2.75, 3.05) is 39.4 Å². The molecule has 0 spiro atoms. The fourth-order valence-electron chi connectivity index (χ4n) is 4.83. The number of aromatic nitrogens is 2. The molecule has 4 heterocycles. The van der Waals surface area contributed by atoms with Crippen molar-refractivity contribution in [1.29, 1.82) is 0 Å². The molecular weight excluding hydrogens is 394 g/mol. The summed E-state index contributed by atoms with van der Waals surface area (Å²) in [5, 5.41) is 4.34. The highest BCUT2D eigenvalue weighted by molar-refractivity contribution is 7.80. The summed E-state index contributed by atoms with van der Waals surface area (Å²) in [6.45, 7) is 13.5. The summed E-state index contributed by atoms with van der Waals surface area (Å²) in [5.74, 6) is 0. The number of aryl methyl sites for hydroxylation is 1. The molecule has 0 aliphatic carbocycles. The molecule has 1 N–H and O–H groups in total. The van der Waals surface area contributed by atoms with Gasteiger partial charge in [0.25, 0.3) is 0 Å². The molecule has 0 bridgehead atoms. The summed E-state index contributed by atoms with van der Waals surface area (Å²) < 4.78 is 7.94. The van der Waals surface area contributed by atoms with Crippen LogP contribution < -0.4 is 5.32 Å². The Balaban J connectivity index is 1.55. The number of ether oxygens (including phenoxy) is 1. The Kier molecular flexibility index (Phi) is 6.71. The summed E-state index contributed by atoms with van der Waals surface area (Å²) in [6, 6.07) is 8.69. The highest BCUT2D eigenvalue weighted by Gasteiger charge is 2.40. The topological polar surface area (TPSA) is 45.6 Å². The Bertz CT molecular complexity index is 862. The predicted octanol–water partition coefficient (Wildman–Crippen LogP) is 3.21. The maximum Gasteiger partial charge on any atom is 0.170 e. The summed E-state index contributed by atoms with van der Waals surface area (Å²) in [7, 11) is 0. The highest BCUT2D eigenvalue weighted by atomic mass is 32.1. The third-order valence-corrected chi connectivity index (χ3v) is 6.78. The third-order valence-electron chi connectivity index (χ3n) is 6.43. The number of thiocarbonyl (C=S) groups is 1. The molecule has 2 aliphatic rings. The van der Waals surface area contributed by atoms with Gasteiger partial charge < -0.3 is 19.5 Å². The van der Waals surface area contributed by atoms with Crippen LogP contribution in [0.15, 0.2) is 30.5 Å². The molecule has 2 aromatic rings. The molecule has 2 aromatic heterocycles. The number of pyridine rings is 1. The first-order chi connectivity index (χ1) is 14.6. The van der Waals surface area contributed by atoms with E-state index in [1.54, 1.807) is 0 Å². The average molecular weight is 428 g/mol. The van der Waals surface area contributed by atoms with Gasteiger partial charge >= 0.3 is 0 Å². The van der Waals surface area contributed by atoms with Gasteiger partial charge in [-0.15, -0.1) is 0 Å². The Morgan fingerprint density at radius 3 is 2.70 bits per heavy atom. The first-order valence-corrected chi connectivity index (χ1v) is 11.5. The molecule has 2 atom stereocenters. The Morgan fingerprint density at radius 2 is 2.00 bits per heavy atom. The van der Waals surface area contributed by atoms with Crippen molar-refractivity contribution < 1.29 is 4.74 Å². The van der Waals surface area contributed by atoms with Crippen molar-refractivity contribution in [3.63, 3.8) is 0 Å². The van der Waals surface area contributed by atoms with Crippen LogP contribution in [0.1, 0.15) is 48.1 Å². The second-order valence-corrected chi connectivity index (χ2v) is 8.58. The van der Waals surface area contributed by atoms with Crippen molar-refractivity contribution in [3.8, 4) is 0 Å². The van der Waals surface area contributed by atoms with Crippen molar-refractivity contribution in [2.24, 2.45) is 0 Å². The van der Waals surface area contributed by atoms with Crippen LogP contribution >= 0.6 is 12.2 Å². The van der Waals surface area contributed by atoms with Crippen LogP contribution in [-0.2, 0) is 11.3 Å². The van der Waals surface area contributed by atoms with E-state index in [1.165, 1.54) is 17.0 Å². The smallest absolute Gasteiger partial charge is 0.170 e. The van der Waals surface area contributed by atoms with E-state index in [-0.39, 0.29) is 12.1 Å². The molecule has 0 aromatic carbocycles. The van der Waals surface area contributed by atoms with Crippen LogP contribution in [0.4, 0.5) is 0 Å². The predicted molar refractivity (Wildman–Crippen MR) is 124 cm³/mol. The van der Waals surface area contributed by atoms with Crippen molar-refractivity contribution in [1.82, 2.24) is 24.7 Å². The average Bonchev–Trinajstić information content (AvgIpc) is 3.25. The van der Waals surface area contributed by atoms with Gasteiger partial charge in [-0.3, -0.25) is 9.88 Å². The lowest BCUT2D eigenvalue weighted by Gasteiger charge is -2.27. The van der Waals surface area contributed by atoms with E-state index in [9.17, 15) is 0 Å². The summed E-state index contributed by atoms with van der Waals surface area (Å²) in [5.41, 5.74) is 5.05. The second-order valence-electron chi connectivity index (χ2n) is 8.20. The summed E-state index contributed by atoms with van der Waals surface area (Å²) in [4.78, 5) is 9.44. The number of morpholine rings is 1.